The van der Waals surface area contributed by atoms with Gasteiger partial charge in [-0.05, 0) is 26.2 Å². The molecule has 4 atom stereocenters. The largest absolute Gasteiger partial charge is 0.465 e. The highest BCUT2D eigenvalue weighted by atomic mass is 16.5. The Labute approximate surface area is 103 Å². The van der Waals surface area contributed by atoms with Gasteiger partial charge in [0.2, 0.25) is 0 Å². The average molecular weight is 238 g/mol. The molecule has 3 nitrogen and oxygen atoms in total. The molecule has 3 heteroatoms. The van der Waals surface area contributed by atoms with E-state index in [0.29, 0.717) is 25.0 Å². The molecular weight excluding hydrogens is 216 g/mol. The Morgan fingerprint density at radius 3 is 2.94 bits per heavy atom. The van der Waals surface area contributed by atoms with Crippen LogP contribution in [0.5, 0.6) is 0 Å². The van der Waals surface area contributed by atoms with Crippen molar-refractivity contribution in [2.24, 2.45) is 17.3 Å². The first-order chi connectivity index (χ1) is 7.94. The molecule has 1 aliphatic carbocycles. The van der Waals surface area contributed by atoms with Gasteiger partial charge >= 0.3 is 5.97 Å². The van der Waals surface area contributed by atoms with Crippen molar-refractivity contribution in [2.75, 3.05) is 13.2 Å². The van der Waals surface area contributed by atoms with Gasteiger partial charge in [0.1, 0.15) is 0 Å². The second-order valence-corrected chi connectivity index (χ2v) is 5.67. The zero-order chi connectivity index (χ0) is 12.6. The van der Waals surface area contributed by atoms with Crippen LogP contribution in [0.1, 0.15) is 34.1 Å². The number of rotatable bonds is 2. The Kier molecular flexibility index (Phi) is 3.30. The third kappa shape index (κ3) is 2.25. The van der Waals surface area contributed by atoms with Crippen molar-refractivity contribution in [1.82, 2.24) is 0 Å². The molecule has 2 rings (SSSR count). The van der Waals surface area contributed by atoms with Gasteiger partial charge in [0, 0.05) is 18.3 Å². The van der Waals surface area contributed by atoms with Crippen LogP contribution in [0.4, 0.5) is 0 Å². The van der Waals surface area contributed by atoms with Crippen LogP contribution in [0.2, 0.25) is 0 Å². The van der Waals surface area contributed by atoms with E-state index in [1.165, 1.54) is 12.5 Å². The van der Waals surface area contributed by atoms with Gasteiger partial charge in [0.25, 0.3) is 0 Å². The summed E-state index contributed by atoms with van der Waals surface area (Å²) in [6.45, 7) is 9.16. The van der Waals surface area contributed by atoms with E-state index in [4.69, 9.17) is 9.47 Å². The number of fused-ring (bicyclic) bond motifs is 2. The second-order valence-electron chi connectivity index (χ2n) is 5.67. The lowest BCUT2D eigenvalue weighted by molar-refractivity contribution is -0.159. The summed E-state index contributed by atoms with van der Waals surface area (Å²) < 4.78 is 11.1. The van der Waals surface area contributed by atoms with E-state index in [1.54, 1.807) is 0 Å². The van der Waals surface area contributed by atoms with E-state index >= 15 is 0 Å². The number of allylic oxidation sites excluding steroid dienone is 1. The van der Waals surface area contributed by atoms with Crippen molar-refractivity contribution in [3.8, 4) is 0 Å². The third-order valence-electron chi connectivity index (χ3n) is 4.45. The SMILES string of the molecule is CC(=O)OC[C@]12CO[C@@H](C)[C@H](C1)C(C)=C[C@@H]2C. The zero-order valence-corrected chi connectivity index (χ0v) is 11.2. The molecule has 17 heavy (non-hydrogen) atoms. The highest BCUT2D eigenvalue weighted by Gasteiger charge is 2.47. The van der Waals surface area contributed by atoms with Crippen molar-refractivity contribution in [2.45, 2.75) is 40.2 Å². The molecule has 0 radical (unpaired) electrons. The average Bonchev–Trinajstić information content (AvgIpc) is 2.27. The van der Waals surface area contributed by atoms with Crippen LogP contribution in [-0.4, -0.2) is 25.3 Å². The molecule has 0 aromatic heterocycles. The summed E-state index contributed by atoms with van der Waals surface area (Å²) in [6.07, 6.45) is 3.69. The summed E-state index contributed by atoms with van der Waals surface area (Å²) in [7, 11) is 0. The molecule has 0 N–H and O–H groups in total. The van der Waals surface area contributed by atoms with E-state index in [0.717, 1.165) is 6.42 Å². The quantitative estimate of drug-likeness (QED) is 0.548. The molecule has 1 heterocycles. The summed E-state index contributed by atoms with van der Waals surface area (Å²) >= 11 is 0. The van der Waals surface area contributed by atoms with Crippen molar-refractivity contribution in [3.05, 3.63) is 11.6 Å². The van der Waals surface area contributed by atoms with Crippen molar-refractivity contribution >= 4 is 5.97 Å². The molecule has 0 aromatic rings. The van der Waals surface area contributed by atoms with Gasteiger partial charge in [-0.1, -0.05) is 18.6 Å². The maximum atomic E-state index is 11.0. The molecule has 2 aliphatic rings. The molecular formula is C14H22O3. The fourth-order valence-electron chi connectivity index (χ4n) is 3.10. The van der Waals surface area contributed by atoms with Gasteiger partial charge < -0.3 is 9.47 Å². The van der Waals surface area contributed by atoms with Gasteiger partial charge in [-0.25, -0.2) is 0 Å². The van der Waals surface area contributed by atoms with Crippen LogP contribution in [0.3, 0.4) is 0 Å². The van der Waals surface area contributed by atoms with Gasteiger partial charge in [-0.2, -0.15) is 0 Å². The van der Waals surface area contributed by atoms with Crippen molar-refractivity contribution < 1.29 is 14.3 Å². The van der Waals surface area contributed by atoms with Gasteiger partial charge in [0.15, 0.2) is 0 Å². The third-order valence-corrected chi connectivity index (χ3v) is 4.45. The molecule has 96 valence electrons. The summed E-state index contributed by atoms with van der Waals surface area (Å²) in [4.78, 5) is 11.0. The molecule has 2 bridgehead atoms. The molecule has 0 saturated carbocycles. The molecule has 0 amide bonds. The summed E-state index contributed by atoms with van der Waals surface area (Å²) in [5.41, 5.74) is 1.41. The topological polar surface area (TPSA) is 35.5 Å². The molecule has 1 fully saturated rings. The van der Waals surface area contributed by atoms with Gasteiger partial charge in [-0.15, -0.1) is 0 Å². The second kappa shape index (κ2) is 4.45. The number of carbonyl (C=O) groups excluding carboxylic acids is 1. The first-order valence-electron chi connectivity index (χ1n) is 6.38. The minimum absolute atomic E-state index is 0.0116. The Bertz CT molecular complexity index is 347. The summed E-state index contributed by atoms with van der Waals surface area (Å²) in [5.74, 6) is 0.689. The van der Waals surface area contributed by atoms with Crippen LogP contribution in [0.25, 0.3) is 0 Å². The Balaban J connectivity index is 2.19. The molecule has 0 aromatic carbocycles. The number of carbonyl (C=O) groups is 1. The number of hydrogen-bond donors (Lipinski definition) is 0. The van der Waals surface area contributed by atoms with Crippen LogP contribution < -0.4 is 0 Å². The van der Waals surface area contributed by atoms with Crippen molar-refractivity contribution in [1.29, 1.82) is 0 Å². The standard InChI is InChI=1S/C14H22O3/c1-9-5-10(2)14(8-17-12(4)15)6-13(9)11(3)16-7-14/h5,10-11,13H,6-8H2,1-4H3/t10-,11-,13+,14+/m0/s1. The number of hydrogen-bond acceptors (Lipinski definition) is 3. The van der Waals surface area contributed by atoms with E-state index in [2.05, 4.69) is 26.8 Å². The zero-order valence-electron chi connectivity index (χ0n) is 11.2. The van der Waals surface area contributed by atoms with E-state index < -0.39 is 0 Å². The van der Waals surface area contributed by atoms with Crippen LogP contribution in [0, 0.1) is 17.3 Å². The van der Waals surface area contributed by atoms with Gasteiger partial charge in [0.05, 0.1) is 19.3 Å². The predicted octanol–water partition coefficient (Wildman–Crippen LogP) is 2.56. The van der Waals surface area contributed by atoms with Crippen LogP contribution >= 0.6 is 0 Å². The maximum Gasteiger partial charge on any atom is 0.302 e. The lowest BCUT2D eigenvalue weighted by Gasteiger charge is -2.49. The smallest absolute Gasteiger partial charge is 0.302 e. The number of ether oxygens (including phenoxy) is 2. The monoisotopic (exact) mass is 238 g/mol. The minimum atomic E-state index is -0.201. The molecule has 1 saturated heterocycles. The minimum Gasteiger partial charge on any atom is -0.465 e. The number of esters is 1. The first-order valence-corrected chi connectivity index (χ1v) is 6.38. The predicted molar refractivity (Wildman–Crippen MR) is 65.5 cm³/mol. The molecule has 1 aliphatic heterocycles. The van der Waals surface area contributed by atoms with Crippen LogP contribution in [0.15, 0.2) is 11.6 Å². The Morgan fingerprint density at radius 2 is 2.29 bits per heavy atom. The highest BCUT2D eigenvalue weighted by Crippen LogP contribution is 2.48. The van der Waals surface area contributed by atoms with Crippen LogP contribution in [-0.2, 0) is 14.3 Å². The highest BCUT2D eigenvalue weighted by molar-refractivity contribution is 5.65. The van der Waals surface area contributed by atoms with E-state index in [9.17, 15) is 4.79 Å². The summed E-state index contributed by atoms with van der Waals surface area (Å²) in [6, 6.07) is 0. The molecule has 0 unspecified atom stereocenters. The van der Waals surface area contributed by atoms with Gasteiger partial charge in [-0.3, -0.25) is 4.79 Å². The Morgan fingerprint density at radius 1 is 1.59 bits per heavy atom. The maximum absolute atomic E-state index is 11.0. The lowest BCUT2D eigenvalue weighted by Crippen LogP contribution is -2.50. The fourth-order valence-corrected chi connectivity index (χ4v) is 3.10. The Hall–Kier alpha value is -0.830. The lowest BCUT2D eigenvalue weighted by atomic mass is 9.63. The normalized spacial score (nSPS) is 40.7. The van der Waals surface area contributed by atoms with E-state index in [1.807, 2.05) is 0 Å². The summed E-state index contributed by atoms with van der Waals surface area (Å²) in [5, 5.41) is 0. The van der Waals surface area contributed by atoms with Crippen molar-refractivity contribution in [3.63, 3.8) is 0 Å². The fraction of sp³-hybridized carbons (Fsp3) is 0.786. The first kappa shape index (κ1) is 12.6. The molecule has 0 spiro atoms. The van der Waals surface area contributed by atoms with E-state index in [-0.39, 0.29) is 17.5 Å².